The van der Waals surface area contributed by atoms with Crippen LogP contribution in [-0.4, -0.2) is 32.3 Å². The first kappa shape index (κ1) is 16.0. The third kappa shape index (κ3) is 2.51. The largest absolute Gasteiger partial charge is 0.375 e. The molecule has 0 radical (unpaired) electrons. The number of aryl methyl sites for hydroxylation is 1. The lowest BCUT2D eigenvalue weighted by atomic mass is 10.2. The molecular weight excluding hydrogens is 306 g/mol. The van der Waals surface area contributed by atoms with Gasteiger partial charge in [-0.05, 0) is 24.6 Å². The number of nitrogens with zero attached hydrogens (tertiary/aromatic N) is 5. The minimum atomic E-state index is -0.371. The van der Waals surface area contributed by atoms with Crippen LogP contribution in [0.3, 0.4) is 0 Å². The number of rotatable bonds is 4. The molecular formula is C17H21N5O2. The lowest BCUT2D eigenvalue weighted by Gasteiger charge is -2.17. The molecule has 3 rings (SSSR count). The maximum atomic E-state index is 12.4. The molecule has 24 heavy (non-hydrogen) atoms. The average molecular weight is 327 g/mol. The van der Waals surface area contributed by atoms with E-state index in [4.69, 9.17) is 0 Å². The van der Waals surface area contributed by atoms with Gasteiger partial charge in [-0.3, -0.25) is 13.9 Å². The van der Waals surface area contributed by atoms with Crippen LogP contribution in [0.25, 0.3) is 11.2 Å². The fourth-order valence-corrected chi connectivity index (χ4v) is 2.75. The van der Waals surface area contributed by atoms with E-state index in [0.717, 1.165) is 22.4 Å². The van der Waals surface area contributed by atoms with Crippen molar-refractivity contribution in [3.05, 3.63) is 57.0 Å². The summed E-state index contributed by atoms with van der Waals surface area (Å²) in [5.41, 5.74) is 2.37. The maximum absolute atomic E-state index is 12.4. The Morgan fingerprint density at radius 3 is 2.38 bits per heavy atom. The summed E-state index contributed by atoms with van der Waals surface area (Å²) >= 11 is 0. The predicted molar refractivity (Wildman–Crippen MR) is 94.7 cm³/mol. The van der Waals surface area contributed by atoms with E-state index in [1.165, 1.54) is 11.6 Å². The highest BCUT2D eigenvalue weighted by atomic mass is 16.2. The Labute approximate surface area is 139 Å². The number of imidazole rings is 1. The van der Waals surface area contributed by atoms with Gasteiger partial charge in [0.15, 0.2) is 11.2 Å². The van der Waals surface area contributed by atoms with Crippen molar-refractivity contribution in [2.75, 3.05) is 18.5 Å². The van der Waals surface area contributed by atoms with Crippen molar-refractivity contribution in [2.45, 2.75) is 13.5 Å². The van der Waals surface area contributed by atoms with Crippen LogP contribution in [0, 0.1) is 0 Å². The molecule has 0 aliphatic heterocycles. The fraction of sp³-hybridized carbons (Fsp3) is 0.353. The van der Waals surface area contributed by atoms with Crippen LogP contribution in [0.15, 0.2) is 40.2 Å². The predicted octanol–water partition coefficient (Wildman–Crippen LogP) is 0.938. The molecule has 0 amide bonds. The summed E-state index contributed by atoms with van der Waals surface area (Å²) in [5, 5.41) is 0. The van der Waals surface area contributed by atoms with Crippen LogP contribution in [0.1, 0.15) is 12.5 Å². The van der Waals surface area contributed by atoms with Crippen molar-refractivity contribution < 1.29 is 0 Å². The first-order valence-electron chi connectivity index (χ1n) is 7.85. The van der Waals surface area contributed by atoms with Crippen molar-refractivity contribution in [3.8, 4) is 0 Å². The van der Waals surface area contributed by atoms with Crippen LogP contribution >= 0.6 is 0 Å². The number of fused-ring (bicyclic) bond motifs is 1. The van der Waals surface area contributed by atoms with Crippen molar-refractivity contribution in [1.29, 1.82) is 0 Å². The quantitative estimate of drug-likeness (QED) is 0.715. The van der Waals surface area contributed by atoms with Gasteiger partial charge >= 0.3 is 5.69 Å². The molecule has 7 heteroatoms. The molecule has 126 valence electrons. The summed E-state index contributed by atoms with van der Waals surface area (Å²) in [6.45, 7) is 3.57. The van der Waals surface area contributed by atoms with E-state index in [1.54, 1.807) is 17.9 Å². The molecule has 0 bridgehead atoms. The van der Waals surface area contributed by atoms with Crippen LogP contribution in [0.4, 0.5) is 5.69 Å². The Morgan fingerprint density at radius 2 is 1.75 bits per heavy atom. The topological polar surface area (TPSA) is 65.1 Å². The minimum absolute atomic E-state index is 0.326. The molecule has 0 fully saturated rings. The third-order valence-corrected chi connectivity index (χ3v) is 4.42. The number of hydrogen-bond donors (Lipinski definition) is 0. The number of aromatic nitrogens is 4. The van der Waals surface area contributed by atoms with E-state index in [0.29, 0.717) is 17.7 Å². The Bertz CT molecular complexity index is 995. The summed E-state index contributed by atoms with van der Waals surface area (Å²) < 4.78 is 4.29. The first-order chi connectivity index (χ1) is 11.4. The molecule has 0 atom stereocenters. The van der Waals surface area contributed by atoms with E-state index in [-0.39, 0.29) is 11.2 Å². The number of hydrogen-bond acceptors (Lipinski definition) is 4. The lowest BCUT2D eigenvalue weighted by Crippen LogP contribution is -2.37. The summed E-state index contributed by atoms with van der Waals surface area (Å²) in [6.07, 6.45) is 1.61. The molecule has 0 spiro atoms. The SMILES string of the molecule is CCN(C)c1ccc(Cn2cnc3c2c(=O)n(C)c(=O)n3C)cc1. The zero-order valence-corrected chi connectivity index (χ0v) is 14.4. The Morgan fingerprint density at radius 1 is 1.08 bits per heavy atom. The molecule has 0 saturated heterocycles. The maximum Gasteiger partial charge on any atom is 0.332 e. The summed E-state index contributed by atoms with van der Waals surface area (Å²) in [5.74, 6) is 0. The van der Waals surface area contributed by atoms with Gasteiger partial charge in [0.25, 0.3) is 5.56 Å². The molecule has 7 nitrogen and oxygen atoms in total. The molecule has 0 aliphatic rings. The second kappa shape index (κ2) is 5.99. The van der Waals surface area contributed by atoms with Gasteiger partial charge in [-0.25, -0.2) is 9.78 Å². The van der Waals surface area contributed by atoms with Gasteiger partial charge < -0.3 is 9.47 Å². The smallest absolute Gasteiger partial charge is 0.332 e. The second-order valence-electron chi connectivity index (χ2n) is 5.93. The fourth-order valence-electron chi connectivity index (χ4n) is 2.75. The van der Waals surface area contributed by atoms with E-state index in [2.05, 4.69) is 28.9 Å². The second-order valence-corrected chi connectivity index (χ2v) is 5.93. The number of benzene rings is 1. The highest BCUT2D eigenvalue weighted by Gasteiger charge is 2.14. The Kier molecular flexibility index (Phi) is 4.01. The standard InChI is InChI=1S/C17H21N5O2/c1-5-19(2)13-8-6-12(7-9-13)10-22-11-18-15-14(22)16(23)21(4)17(24)20(15)3/h6-9,11H,5,10H2,1-4H3. The highest BCUT2D eigenvalue weighted by molar-refractivity contribution is 5.70. The Hall–Kier alpha value is -2.83. The van der Waals surface area contributed by atoms with Crippen LogP contribution in [-0.2, 0) is 20.6 Å². The molecule has 0 N–H and O–H groups in total. The molecule has 1 aromatic carbocycles. The van der Waals surface area contributed by atoms with E-state index >= 15 is 0 Å². The van der Waals surface area contributed by atoms with Gasteiger partial charge in [-0.15, -0.1) is 0 Å². The summed E-state index contributed by atoms with van der Waals surface area (Å²) in [7, 11) is 5.15. The van der Waals surface area contributed by atoms with Gasteiger partial charge in [-0.2, -0.15) is 0 Å². The van der Waals surface area contributed by atoms with Gasteiger partial charge in [-0.1, -0.05) is 12.1 Å². The van der Waals surface area contributed by atoms with E-state index in [1.807, 2.05) is 19.2 Å². The zero-order valence-electron chi connectivity index (χ0n) is 14.4. The monoisotopic (exact) mass is 327 g/mol. The molecule has 0 unspecified atom stereocenters. The van der Waals surface area contributed by atoms with Crippen molar-refractivity contribution in [1.82, 2.24) is 18.7 Å². The van der Waals surface area contributed by atoms with Gasteiger partial charge in [0.2, 0.25) is 0 Å². The molecule has 0 aliphatic carbocycles. The van der Waals surface area contributed by atoms with Gasteiger partial charge in [0.05, 0.1) is 6.33 Å². The average Bonchev–Trinajstić information content (AvgIpc) is 3.01. The normalized spacial score (nSPS) is 11.2. The van der Waals surface area contributed by atoms with Crippen molar-refractivity contribution in [2.24, 2.45) is 14.1 Å². The van der Waals surface area contributed by atoms with Crippen LogP contribution in [0.2, 0.25) is 0 Å². The summed E-state index contributed by atoms with van der Waals surface area (Å²) in [6, 6.07) is 8.21. The van der Waals surface area contributed by atoms with Gasteiger partial charge in [0, 0.05) is 39.9 Å². The van der Waals surface area contributed by atoms with Crippen LogP contribution < -0.4 is 16.1 Å². The van der Waals surface area contributed by atoms with Crippen LogP contribution in [0.5, 0.6) is 0 Å². The highest BCUT2D eigenvalue weighted by Crippen LogP contribution is 2.15. The molecule has 3 aromatic rings. The van der Waals surface area contributed by atoms with E-state index in [9.17, 15) is 9.59 Å². The third-order valence-electron chi connectivity index (χ3n) is 4.42. The Balaban J connectivity index is 2.02. The lowest BCUT2D eigenvalue weighted by molar-refractivity contribution is 0.702. The van der Waals surface area contributed by atoms with Gasteiger partial charge in [0.1, 0.15) is 0 Å². The minimum Gasteiger partial charge on any atom is -0.375 e. The van der Waals surface area contributed by atoms with E-state index < -0.39 is 0 Å². The number of anilines is 1. The molecule has 0 saturated carbocycles. The summed E-state index contributed by atoms with van der Waals surface area (Å²) in [4.78, 5) is 30.8. The van der Waals surface area contributed by atoms with Crippen molar-refractivity contribution >= 4 is 16.9 Å². The molecule has 2 heterocycles. The van der Waals surface area contributed by atoms with Crippen molar-refractivity contribution in [3.63, 3.8) is 0 Å². The zero-order chi connectivity index (χ0) is 17.4. The first-order valence-corrected chi connectivity index (χ1v) is 7.85. The molecule has 2 aromatic heterocycles.